The molecule has 2 rings (SSSR count). The first-order chi connectivity index (χ1) is 6.97. The summed E-state index contributed by atoms with van der Waals surface area (Å²) in [6.45, 7) is 3.83. The van der Waals surface area contributed by atoms with Crippen molar-refractivity contribution in [3.05, 3.63) is 24.3 Å². The Morgan fingerprint density at radius 3 is 2.67 bits per heavy atom. The number of carbonyl (C=O) groups is 1. The van der Waals surface area contributed by atoms with Gasteiger partial charge in [0.15, 0.2) is 5.78 Å². The average Bonchev–Trinajstić information content (AvgIpc) is 2.27. The molecule has 0 spiro atoms. The molecule has 0 bridgehead atoms. The van der Waals surface area contributed by atoms with Crippen LogP contribution in [0.15, 0.2) is 24.3 Å². The van der Waals surface area contributed by atoms with Gasteiger partial charge in [0.1, 0.15) is 0 Å². The van der Waals surface area contributed by atoms with Gasteiger partial charge in [0, 0.05) is 11.3 Å². The molecule has 2 nitrogen and oxygen atoms in total. The van der Waals surface area contributed by atoms with Gasteiger partial charge in [0.2, 0.25) is 0 Å². The summed E-state index contributed by atoms with van der Waals surface area (Å²) in [5, 5.41) is 10.4. The van der Waals surface area contributed by atoms with Crippen LogP contribution in [0, 0.1) is 11.3 Å². The topological polar surface area (TPSA) is 37.3 Å². The van der Waals surface area contributed by atoms with E-state index in [2.05, 4.69) is 0 Å². The third-order valence-corrected chi connectivity index (χ3v) is 3.96. The first kappa shape index (κ1) is 10.6. The second kappa shape index (κ2) is 3.31. The fourth-order valence-electron chi connectivity index (χ4n) is 2.91. The molecular weight excluding hydrogens is 188 g/mol. The summed E-state index contributed by atoms with van der Waals surface area (Å²) in [5.74, 6) is 0.197. The van der Waals surface area contributed by atoms with Gasteiger partial charge in [-0.1, -0.05) is 25.2 Å². The molecule has 2 heteroatoms. The molecule has 0 amide bonds. The van der Waals surface area contributed by atoms with E-state index in [0.29, 0.717) is 6.42 Å². The van der Waals surface area contributed by atoms with E-state index in [1.165, 1.54) is 0 Å². The number of fused-ring (bicyclic) bond motifs is 1. The molecule has 0 aliphatic heterocycles. The molecule has 2 aliphatic rings. The van der Waals surface area contributed by atoms with Gasteiger partial charge < -0.3 is 5.11 Å². The third-order valence-electron chi connectivity index (χ3n) is 3.96. The highest BCUT2D eigenvalue weighted by atomic mass is 16.3. The van der Waals surface area contributed by atoms with Crippen LogP contribution in [0.2, 0.25) is 0 Å². The molecule has 0 saturated carbocycles. The lowest BCUT2D eigenvalue weighted by molar-refractivity contribution is -0.134. The Labute approximate surface area is 90.7 Å². The maximum atomic E-state index is 12.0. The first-order valence-corrected chi connectivity index (χ1v) is 5.55. The molecule has 0 heterocycles. The van der Waals surface area contributed by atoms with Crippen LogP contribution < -0.4 is 0 Å². The number of hydrogen-bond acceptors (Lipinski definition) is 2. The van der Waals surface area contributed by atoms with Crippen molar-refractivity contribution in [3.63, 3.8) is 0 Å². The quantitative estimate of drug-likeness (QED) is 0.617. The number of ketones is 1. The van der Waals surface area contributed by atoms with Crippen LogP contribution in [0.4, 0.5) is 0 Å². The Bertz CT molecular complexity index is 338. The summed E-state index contributed by atoms with van der Waals surface area (Å²) in [5.41, 5.74) is -1.17. The van der Waals surface area contributed by atoms with E-state index in [1.807, 2.05) is 32.1 Å². The van der Waals surface area contributed by atoms with E-state index in [4.69, 9.17) is 0 Å². The molecule has 0 fully saturated rings. The first-order valence-electron chi connectivity index (χ1n) is 5.55. The van der Waals surface area contributed by atoms with Gasteiger partial charge in [0.25, 0.3) is 0 Å². The van der Waals surface area contributed by atoms with Crippen molar-refractivity contribution in [3.8, 4) is 0 Å². The second-order valence-electron chi connectivity index (χ2n) is 5.21. The smallest absolute Gasteiger partial charge is 0.161 e. The lowest BCUT2D eigenvalue weighted by Crippen LogP contribution is -2.48. The van der Waals surface area contributed by atoms with Crippen LogP contribution in [0.3, 0.4) is 0 Å². The van der Waals surface area contributed by atoms with Crippen molar-refractivity contribution in [2.75, 3.05) is 0 Å². The summed E-state index contributed by atoms with van der Waals surface area (Å²) >= 11 is 0. The number of carbonyl (C=O) groups excluding carboxylic acids is 1. The van der Waals surface area contributed by atoms with E-state index in [-0.39, 0.29) is 11.7 Å². The lowest BCUT2D eigenvalue weighted by atomic mass is 9.62. The zero-order valence-corrected chi connectivity index (χ0v) is 9.36. The molecule has 0 unspecified atom stereocenters. The monoisotopic (exact) mass is 206 g/mol. The summed E-state index contributed by atoms with van der Waals surface area (Å²) < 4.78 is 0. The van der Waals surface area contributed by atoms with Gasteiger partial charge in [-0.25, -0.2) is 0 Å². The largest absolute Gasteiger partial charge is 0.390 e. The van der Waals surface area contributed by atoms with Crippen LogP contribution in [0.25, 0.3) is 0 Å². The molecule has 15 heavy (non-hydrogen) atoms. The minimum atomic E-state index is -0.762. The van der Waals surface area contributed by atoms with Crippen LogP contribution in [0.5, 0.6) is 0 Å². The van der Waals surface area contributed by atoms with E-state index in [1.54, 1.807) is 6.08 Å². The second-order valence-corrected chi connectivity index (χ2v) is 5.21. The van der Waals surface area contributed by atoms with E-state index >= 15 is 0 Å². The zero-order chi connectivity index (χ0) is 11.1. The van der Waals surface area contributed by atoms with E-state index in [9.17, 15) is 9.90 Å². The molecule has 0 radical (unpaired) electrons. The van der Waals surface area contributed by atoms with E-state index in [0.717, 1.165) is 12.8 Å². The highest BCUT2D eigenvalue weighted by molar-refractivity contribution is 5.96. The molecule has 2 aliphatic carbocycles. The maximum Gasteiger partial charge on any atom is 0.161 e. The van der Waals surface area contributed by atoms with Crippen molar-refractivity contribution >= 4 is 5.78 Å². The molecule has 1 N–H and O–H groups in total. The van der Waals surface area contributed by atoms with Crippen molar-refractivity contribution in [1.29, 1.82) is 0 Å². The van der Waals surface area contributed by atoms with Gasteiger partial charge in [-0.2, -0.15) is 0 Å². The van der Waals surface area contributed by atoms with E-state index < -0.39 is 11.0 Å². The molecule has 3 atom stereocenters. The zero-order valence-electron chi connectivity index (χ0n) is 9.36. The molecule has 82 valence electrons. The van der Waals surface area contributed by atoms with Gasteiger partial charge in [-0.15, -0.1) is 0 Å². The third kappa shape index (κ3) is 1.57. The molecule has 0 saturated heterocycles. The maximum absolute atomic E-state index is 12.0. The normalized spacial score (nSPS) is 45.0. The van der Waals surface area contributed by atoms with Crippen LogP contribution in [0.1, 0.15) is 33.1 Å². The number of rotatable bonds is 0. The van der Waals surface area contributed by atoms with Gasteiger partial charge in [-0.05, 0) is 32.3 Å². The minimum Gasteiger partial charge on any atom is -0.390 e. The van der Waals surface area contributed by atoms with Gasteiger partial charge in [-0.3, -0.25) is 4.79 Å². The number of hydrogen-bond donors (Lipinski definition) is 1. The molecule has 0 aromatic rings. The Kier molecular flexibility index (Phi) is 2.34. The Hall–Kier alpha value is -0.890. The standard InChI is InChI=1S/C13H18O2/c1-12-8-3-4-9-13(2,15)10(12)6-5-7-11(12)14/h3-5,7,10,15H,6,8-9H2,1-2H3/t10-,12+,13-/m1/s1. The number of aliphatic hydroxyl groups is 1. The van der Waals surface area contributed by atoms with Crippen LogP contribution in [-0.2, 0) is 4.79 Å². The van der Waals surface area contributed by atoms with Crippen molar-refractivity contribution in [1.82, 2.24) is 0 Å². The minimum absolute atomic E-state index is 0.0394. The fourth-order valence-corrected chi connectivity index (χ4v) is 2.91. The van der Waals surface area contributed by atoms with Gasteiger partial charge >= 0.3 is 0 Å². The van der Waals surface area contributed by atoms with Crippen molar-refractivity contribution in [2.45, 2.75) is 38.7 Å². The molecule has 0 aromatic heterocycles. The predicted octanol–water partition coefficient (Wildman–Crippen LogP) is 2.24. The highest BCUT2D eigenvalue weighted by Gasteiger charge is 2.49. The average molecular weight is 206 g/mol. The molecular formula is C13H18O2. The Morgan fingerprint density at radius 1 is 1.27 bits per heavy atom. The summed E-state index contributed by atoms with van der Waals surface area (Å²) in [4.78, 5) is 12.0. The Morgan fingerprint density at radius 2 is 1.93 bits per heavy atom. The highest BCUT2D eigenvalue weighted by Crippen LogP contribution is 2.47. The summed E-state index contributed by atoms with van der Waals surface area (Å²) in [7, 11) is 0. The van der Waals surface area contributed by atoms with Crippen LogP contribution in [-0.4, -0.2) is 16.5 Å². The fraction of sp³-hybridized carbons (Fsp3) is 0.615. The Balaban J connectivity index is 2.45. The van der Waals surface area contributed by atoms with Crippen molar-refractivity contribution < 1.29 is 9.90 Å². The SMILES string of the molecule is C[C@@]1(O)CC=CC[C@]2(C)C(=O)C=CC[C@@H]12. The van der Waals surface area contributed by atoms with Gasteiger partial charge in [0.05, 0.1) is 5.60 Å². The lowest BCUT2D eigenvalue weighted by Gasteiger charge is -2.43. The summed E-state index contributed by atoms with van der Waals surface area (Å²) in [6.07, 6.45) is 9.80. The molecule has 0 aromatic carbocycles. The van der Waals surface area contributed by atoms with Crippen molar-refractivity contribution in [2.24, 2.45) is 11.3 Å². The summed E-state index contributed by atoms with van der Waals surface area (Å²) in [6, 6.07) is 0. The van der Waals surface area contributed by atoms with Crippen LogP contribution >= 0.6 is 0 Å². The number of allylic oxidation sites excluding steroid dienone is 3. The predicted molar refractivity (Wildman–Crippen MR) is 59.4 cm³/mol.